The van der Waals surface area contributed by atoms with E-state index in [9.17, 15) is 14.4 Å². The Morgan fingerprint density at radius 1 is 1.18 bits per heavy atom. The molecule has 0 amide bonds. The Morgan fingerprint density at radius 3 is 2.46 bits per heavy atom. The molecular formula is C16H24N6O4S2. The van der Waals surface area contributed by atoms with Crippen molar-refractivity contribution in [3.05, 3.63) is 6.33 Å². The summed E-state index contributed by atoms with van der Waals surface area (Å²) in [5, 5.41) is 30.0. The van der Waals surface area contributed by atoms with Crippen LogP contribution in [0.2, 0.25) is 0 Å². The van der Waals surface area contributed by atoms with E-state index in [1.807, 2.05) is 4.90 Å². The maximum absolute atomic E-state index is 11.8. The molecule has 0 radical (unpaired) electrons. The van der Waals surface area contributed by atoms with Gasteiger partial charge in [-0.05, 0) is 13.8 Å². The zero-order valence-electron chi connectivity index (χ0n) is 15.7. The first-order chi connectivity index (χ1) is 13.4. The topological polar surface area (TPSA) is 136 Å². The molecule has 3 rings (SSSR count). The van der Waals surface area contributed by atoms with Crippen LogP contribution in [0.15, 0.2) is 11.4 Å². The summed E-state index contributed by atoms with van der Waals surface area (Å²) >= 11 is 1.34. The Hall–Kier alpha value is -1.60. The third kappa shape index (κ3) is 4.51. The van der Waals surface area contributed by atoms with Crippen molar-refractivity contribution in [3.8, 4) is 0 Å². The van der Waals surface area contributed by atoms with Gasteiger partial charge in [-0.2, -0.15) is 4.98 Å². The minimum absolute atomic E-state index is 0.00757. The Labute approximate surface area is 169 Å². The molecule has 2 atom stereocenters. The van der Waals surface area contributed by atoms with Crippen molar-refractivity contribution in [2.24, 2.45) is 0 Å². The van der Waals surface area contributed by atoms with Gasteiger partial charge in [-0.1, -0.05) is 0 Å². The number of rotatable bonds is 7. The first-order valence-electron chi connectivity index (χ1n) is 8.93. The number of aliphatic hydroxyl groups is 3. The third-order valence-corrected chi connectivity index (χ3v) is 6.50. The Bertz CT molecular complexity index is 835. The van der Waals surface area contributed by atoms with Crippen LogP contribution in [0.4, 0.5) is 11.8 Å². The van der Waals surface area contributed by atoms with E-state index in [0.29, 0.717) is 52.2 Å². The number of fused-ring (bicyclic) bond motifs is 1. The van der Waals surface area contributed by atoms with Gasteiger partial charge in [-0.3, -0.25) is 9.11 Å². The number of hydrogen-bond donors (Lipinski definition) is 3. The zero-order valence-corrected chi connectivity index (χ0v) is 17.4. The van der Waals surface area contributed by atoms with E-state index in [0.717, 1.165) is 0 Å². The molecule has 1 aliphatic rings. The average molecular weight is 429 g/mol. The molecule has 0 aromatic carbocycles. The van der Waals surface area contributed by atoms with E-state index in [1.165, 1.54) is 36.8 Å². The van der Waals surface area contributed by atoms with Crippen LogP contribution < -0.4 is 9.80 Å². The largest absolute Gasteiger partial charge is 0.396 e. The van der Waals surface area contributed by atoms with Crippen LogP contribution in [0.25, 0.3) is 11.0 Å². The maximum atomic E-state index is 11.8. The Kier molecular flexibility index (Phi) is 6.99. The first-order valence-corrected chi connectivity index (χ1v) is 11.4. The van der Waals surface area contributed by atoms with Crippen molar-refractivity contribution in [2.75, 3.05) is 46.8 Å². The van der Waals surface area contributed by atoms with E-state index in [-0.39, 0.29) is 12.6 Å². The van der Waals surface area contributed by atoms with E-state index in [1.54, 1.807) is 0 Å². The Morgan fingerprint density at radius 2 is 1.86 bits per heavy atom. The average Bonchev–Trinajstić information content (AvgIpc) is 2.66. The third-order valence-electron chi connectivity index (χ3n) is 4.26. The van der Waals surface area contributed by atoms with Crippen LogP contribution in [0.5, 0.6) is 0 Å². The molecule has 1 aliphatic heterocycles. The number of aromatic nitrogens is 4. The second-order valence-electron chi connectivity index (χ2n) is 6.30. The molecule has 1 fully saturated rings. The quantitative estimate of drug-likeness (QED) is 0.301. The van der Waals surface area contributed by atoms with Crippen LogP contribution in [-0.2, 0) is 10.8 Å². The van der Waals surface area contributed by atoms with E-state index in [4.69, 9.17) is 5.11 Å². The molecule has 10 nitrogen and oxygen atoms in total. The van der Waals surface area contributed by atoms with Crippen molar-refractivity contribution < 1.29 is 19.5 Å². The molecule has 3 heterocycles. The van der Waals surface area contributed by atoms with Crippen molar-refractivity contribution >= 4 is 45.4 Å². The maximum Gasteiger partial charge on any atom is 0.232 e. The summed E-state index contributed by atoms with van der Waals surface area (Å²) in [6.07, 6.45) is -0.604. The summed E-state index contributed by atoms with van der Waals surface area (Å²) in [5.74, 6) is 2.22. The van der Waals surface area contributed by atoms with E-state index < -0.39 is 23.3 Å². The van der Waals surface area contributed by atoms with Crippen molar-refractivity contribution in [1.82, 2.24) is 19.9 Å². The molecular weight excluding hydrogens is 404 g/mol. The molecule has 3 N–H and O–H groups in total. The predicted octanol–water partition coefficient (Wildman–Crippen LogP) is -0.444. The molecule has 12 heteroatoms. The van der Waals surface area contributed by atoms with Crippen molar-refractivity contribution in [3.63, 3.8) is 0 Å². The summed E-state index contributed by atoms with van der Waals surface area (Å²) in [4.78, 5) is 21.0. The van der Waals surface area contributed by atoms with Gasteiger partial charge in [0.2, 0.25) is 5.95 Å². The van der Waals surface area contributed by atoms with Gasteiger partial charge < -0.3 is 20.2 Å². The molecule has 154 valence electrons. The SMILES string of the molecule is CC(O)N(c1nc(N2CCS(=O)CC2)c2ncnc(SCCO)c2n1)C(C)O. The van der Waals surface area contributed by atoms with Crippen molar-refractivity contribution in [2.45, 2.75) is 31.3 Å². The second-order valence-corrected chi connectivity index (χ2v) is 9.08. The molecule has 0 saturated carbocycles. The van der Waals surface area contributed by atoms with Gasteiger partial charge in [0.1, 0.15) is 34.8 Å². The minimum Gasteiger partial charge on any atom is -0.396 e. The molecule has 2 aromatic rings. The van der Waals surface area contributed by atoms with Crippen LogP contribution >= 0.6 is 11.8 Å². The van der Waals surface area contributed by atoms with Gasteiger partial charge in [0.15, 0.2) is 5.82 Å². The highest BCUT2D eigenvalue weighted by molar-refractivity contribution is 7.99. The highest BCUT2D eigenvalue weighted by Gasteiger charge is 2.26. The monoisotopic (exact) mass is 428 g/mol. The molecule has 0 bridgehead atoms. The number of anilines is 2. The van der Waals surface area contributed by atoms with E-state index >= 15 is 0 Å². The molecule has 1 saturated heterocycles. The normalized spacial score (nSPS) is 17.7. The summed E-state index contributed by atoms with van der Waals surface area (Å²) < 4.78 is 11.8. The predicted molar refractivity (Wildman–Crippen MR) is 109 cm³/mol. The summed E-state index contributed by atoms with van der Waals surface area (Å²) in [5.41, 5.74) is 1.03. The van der Waals surface area contributed by atoms with Gasteiger partial charge in [-0.25, -0.2) is 15.0 Å². The summed E-state index contributed by atoms with van der Waals surface area (Å²) in [6.45, 7) is 4.15. The van der Waals surface area contributed by atoms with Gasteiger partial charge in [0.05, 0.1) is 6.61 Å². The lowest BCUT2D eigenvalue weighted by atomic mass is 10.3. The van der Waals surface area contributed by atoms with Crippen molar-refractivity contribution in [1.29, 1.82) is 0 Å². The lowest BCUT2D eigenvalue weighted by molar-refractivity contribution is 0.103. The highest BCUT2D eigenvalue weighted by Crippen LogP contribution is 2.31. The first kappa shape index (κ1) is 21.1. The number of aliphatic hydroxyl groups excluding tert-OH is 3. The van der Waals surface area contributed by atoms with Crippen LogP contribution in [0.3, 0.4) is 0 Å². The number of hydrogen-bond acceptors (Lipinski definition) is 11. The highest BCUT2D eigenvalue weighted by atomic mass is 32.2. The Balaban J connectivity index is 2.17. The fraction of sp³-hybridized carbons (Fsp3) is 0.625. The van der Waals surface area contributed by atoms with Gasteiger partial charge in [-0.15, -0.1) is 11.8 Å². The fourth-order valence-corrected chi connectivity index (χ4v) is 4.72. The standard InChI is InChI=1S/C16H24N6O4S2/c1-10(24)22(11(2)25)16-19-13-12(17-9-18-15(13)27-6-5-23)14(20-16)21-3-7-28(26)8-4-21/h9-11,23-25H,3-8H2,1-2H3. The summed E-state index contributed by atoms with van der Waals surface area (Å²) in [7, 11) is -0.846. The van der Waals surface area contributed by atoms with Gasteiger partial charge in [0, 0.05) is 41.1 Å². The fourth-order valence-electron chi connectivity index (χ4n) is 2.98. The molecule has 2 aromatic heterocycles. The second kappa shape index (κ2) is 9.27. The van der Waals surface area contributed by atoms with Crippen LogP contribution in [0, 0.1) is 0 Å². The molecule has 28 heavy (non-hydrogen) atoms. The van der Waals surface area contributed by atoms with Crippen LogP contribution in [-0.4, -0.2) is 88.9 Å². The lowest BCUT2D eigenvalue weighted by Gasteiger charge is -2.31. The van der Waals surface area contributed by atoms with E-state index in [2.05, 4.69) is 19.9 Å². The van der Waals surface area contributed by atoms with Crippen LogP contribution in [0.1, 0.15) is 13.8 Å². The summed E-state index contributed by atoms with van der Waals surface area (Å²) in [6, 6.07) is 0. The molecule has 0 aliphatic carbocycles. The lowest BCUT2D eigenvalue weighted by Crippen LogP contribution is -2.42. The zero-order chi connectivity index (χ0) is 20.3. The molecule has 2 unspecified atom stereocenters. The number of nitrogens with zero attached hydrogens (tertiary/aromatic N) is 6. The van der Waals surface area contributed by atoms with Gasteiger partial charge in [0.25, 0.3) is 0 Å². The molecule has 0 spiro atoms. The minimum atomic E-state index is -1.02. The smallest absolute Gasteiger partial charge is 0.232 e. The van der Waals surface area contributed by atoms with Gasteiger partial charge >= 0.3 is 0 Å². The number of thioether (sulfide) groups is 1.